The first-order chi connectivity index (χ1) is 6.68. The first kappa shape index (κ1) is 12.1. The monoisotopic (exact) mass is 206 g/mol. The van der Waals surface area contributed by atoms with Gasteiger partial charge in [0.1, 0.15) is 11.4 Å². The highest BCUT2D eigenvalue weighted by Gasteiger charge is 2.16. The Hall–Kier alpha value is -0.980. The average molecular weight is 206 g/mol. The van der Waals surface area contributed by atoms with Gasteiger partial charge in [0.25, 0.3) is 0 Å². The first-order valence-electron chi connectivity index (χ1n) is 5.48. The van der Waals surface area contributed by atoms with E-state index in [1.54, 1.807) is 0 Å². The molecule has 0 heterocycles. The third-order valence-electron chi connectivity index (χ3n) is 2.12. The van der Waals surface area contributed by atoms with Crippen molar-refractivity contribution in [3.63, 3.8) is 0 Å². The summed E-state index contributed by atoms with van der Waals surface area (Å²) in [6.07, 6.45) is 0. The molecule has 1 aromatic carbocycles. The molecule has 0 aliphatic rings. The zero-order valence-corrected chi connectivity index (χ0v) is 10.7. The SMILES string of the molecule is CC(C)(C)Oc1cccc(C(C)(C)C)c1. The third-order valence-corrected chi connectivity index (χ3v) is 2.12. The number of hydrogen-bond donors (Lipinski definition) is 0. The van der Waals surface area contributed by atoms with Gasteiger partial charge in [0, 0.05) is 0 Å². The van der Waals surface area contributed by atoms with Crippen LogP contribution in [0.5, 0.6) is 5.75 Å². The summed E-state index contributed by atoms with van der Waals surface area (Å²) in [5.74, 6) is 0.954. The molecule has 15 heavy (non-hydrogen) atoms. The molecule has 0 fully saturated rings. The molecular formula is C14H22O. The lowest BCUT2D eigenvalue weighted by Crippen LogP contribution is -2.23. The molecule has 1 aromatic rings. The Labute approximate surface area is 93.5 Å². The van der Waals surface area contributed by atoms with Gasteiger partial charge in [-0.05, 0) is 43.9 Å². The normalized spacial score (nSPS) is 12.7. The summed E-state index contributed by atoms with van der Waals surface area (Å²) < 4.78 is 5.84. The summed E-state index contributed by atoms with van der Waals surface area (Å²) in [6, 6.07) is 8.35. The molecule has 0 spiro atoms. The first-order valence-corrected chi connectivity index (χ1v) is 5.48. The van der Waals surface area contributed by atoms with E-state index in [9.17, 15) is 0 Å². The van der Waals surface area contributed by atoms with Gasteiger partial charge in [-0.15, -0.1) is 0 Å². The second-order valence-electron chi connectivity index (χ2n) is 5.99. The van der Waals surface area contributed by atoms with Crippen molar-refractivity contribution in [1.29, 1.82) is 0 Å². The van der Waals surface area contributed by atoms with Crippen molar-refractivity contribution in [1.82, 2.24) is 0 Å². The summed E-state index contributed by atoms with van der Waals surface area (Å²) in [5, 5.41) is 0. The zero-order valence-electron chi connectivity index (χ0n) is 10.7. The summed E-state index contributed by atoms with van der Waals surface area (Å²) in [7, 11) is 0. The Morgan fingerprint density at radius 3 is 2.00 bits per heavy atom. The average Bonchev–Trinajstić information content (AvgIpc) is 1.99. The minimum absolute atomic E-state index is 0.128. The topological polar surface area (TPSA) is 9.23 Å². The maximum Gasteiger partial charge on any atom is 0.120 e. The van der Waals surface area contributed by atoms with Crippen LogP contribution in [0.1, 0.15) is 47.1 Å². The minimum Gasteiger partial charge on any atom is -0.488 e. The van der Waals surface area contributed by atoms with Crippen LogP contribution in [-0.4, -0.2) is 5.60 Å². The predicted octanol–water partition coefficient (Wildman–Crippen LogP) is 4.16. The molecule has 0 atom stereocenters. The van der Waals surface area contributed by atoms with Gasteiger partial charge in [0.05, 0.1) is 0 Å². The van der Waals surface area contributed by atoms with Crippen molar-refractivity contribution in [3.8, 4) is 5.75 Å². The van der Waals surface area contributed by atoms with E-state index in [0.717, 1.165) is 5.75 Å². The second kappa shape index (κ2) is 3.88. The highest BCUT2D eigenvalue weighted by atomic mass is 16.5. The fourth-order valence-corrected chi connectivity index (χ4v) is 1.38. The number of ether oxygens (including phenoxy) is 1. The van der Waals surface area contributed by atoms with Gasteiger partial charge < -0.3 is 4.74 Å². The van der Waals surface area contributed by atoms with E-state index in [4.69, 9.17) is 4.74 Å². The van der Waals surface area contributed by atoms with Crippen molar-refractivity contribution >= 4 is 0 Å². The van der Waals surface area contributed by atoms with Crippen LogP contribution in [0.2, 0.25) is 0 Å². The van der Waals surface area contributed by atoms with Crippen LogP contribution in [0.25, 0.3) is 0 Å². The Bertz CT molecular complexity index is 326. The van der Waals surface area contributed by atoms with Gasteiger partial charge in [0.2, 0.25) is 0 Å². The molecular weight excluding hydrogens is 184 g/mol. The molecule has 0 saturated heterocycles. The minimum atomic E-state index is -0.128. The molecule has 0 aromatic heterocycles. The van der Waals surface area contributed by atoms with Crippen molar-refractivity contribution in [2.24, 2.45) is 0 Å². The quantitative estimate of drug-likeness (QED) is 0.670. The number of rotatable bonds is 1. The van der Waals surface area contributed by atoms with Gasteiger partial charge >= 0.3 is 0 Å². The van der Waals surface area contributed by atoms with Crippen molar-refractivity contribution in [2.45, 2.75) is 52.6 Å². The van der Waals surface area contributed by atoms with Crippen LogP contribution in [0, 0.1) is 0 Å². The third kappa shape index (κ3) is 3.94. The summed E-state index contributed by atoms with van der Waals surface area (Å²) in [5.41, 5.74) is 1.36. The lowest BCUT2D eigenvalue weighted by molar-refractivity contribution is 0.130. The van der Waals surface area contributed by atoms with E-state index in [1.165, 1.54) is 5.56 Å². The van der Waals surface area contributed by atoms with Gasteiger partial charge in [-0.25, -0.2) is 0 Å². The fraction of sp³-hybridized carbons (Fsp3) is 0.571. The second-order valence-corrected chi connectivity index (χ2v) is 5.99. The van der Waals surface area contributed by atoms with Crippen molar-refractivity contribution in [2.75, 3.05) is 0 Å². The smallest absolute Gasteiger partial charge is 0.120 e. The number of hydrogen-bond acceptors (Lipinski definition) is 1. The van der Waals surface area contributed by atoms with E-state index < -0.39 is 0 Å². The van der Waals surface area contributed by atoms with Crippen LogP contribution in [0.3, 0.4) is 0 Å². The molecule has 0 amide bonds. The lowest BCUT2D eigenvalue weighted by Gasteiger charge is -2.24. The molecule has 0 saturated carbocycles. The standard InChI is InChI=1S/C14H22O/c1-13(2,3)11-8-7-9-12(10-11)15-14(4,5)6/h7-10H,1-6H3. The molecule has 84 valence electrons. The highest BCUT2D eigenvalue weighted by molar-refractivity contribution is 5.32. The van der Waals surface area contributed by atoms with Gasteiger partial charge in [-0.1, -0.05) is 32.9 Å². The Morgan fingerprint density at radius 2 is 1.53 bits per heavy atom. The van der Waals surface area contributed by atoms with Crippen molar-refractivity contribution < 1.29 is 4.74 Å². The fourth-order valence-electron chi connectivity index (χ4n) is 1.38. The molecule has 0 unspecified atom stereocenters. The van der Waals surface area contributed by atoms with E-state index in [-0.39, 0.29) is 11.0 Å². The Balaban J connectivity index is 2.94. The van der Waals surface area contributed by atoms with Gasteiger partial charge in [-0.3, -0.25) is 0 Å². The maximum absolute atomic E-state index is 5.84. The van der Waals surface area contributed by atoms with Gasteiger partial charge in [0.15, 0.2) is 0 Å². The van der Waals surface area contributed by atoms with Crippen LogP contribution in [0.15, 0.2) is 24.3 Å². The molecule has 1 heteroatoms. The van der Waals surface area contributed by atoms with Crippen LogP contribution >= 0.6 is 0 Å². The molecule has 0 bridgehead atoms. The Morgan fingerprint density at radius 1 is 0.933 bits per heavy atom. The van der Waals surface area contributed by atoms with Crippen LogP contribution in [0.4, 0.5) is 0 Å². The largest absolute Gasteiger partial charge is 0.488 e. The lowest BCUT2D eigenvalue weighted by atomic mass is 9.87. The van der Waals surface area contributed by atoms with E-state index >= 15 is 0 Å². The van der Waals surface area contributed by atoms with Crippen molar-refractivity contribution in [3.05, 3.63) is 29.8 Å². The molecule has 0 radical (unpaired) electrons. The van der Waals surface area contributed by atoms with Crippen LogP contribution in [-0.2, 0) is 5.41 Å². The molecule has 1 rings (SSSR count). The van der Waals surface area contributed by atoms with E-state index in [0.29, 0.717) is 0 Å². The van der Waals surface area contributed by atoms with Gasteiger partial charge in [-0.2, -0.15) is 0 Å². The maximum atomic E-state index is 5.84. The Kier molecular flexibility index (Phi) is 3.13. The summed E-state index contributed by atoms with van der Waals surface area (Å²) >= 11 is 0. The molecule has 0 aliphatic carbocycles. The van der Waals surface area contributed by atoms with Crippen LogP contribution < -0.4 is 4.74 Å². The summed E-state index contributed by atoms with van der Waals surface area (Å²) in [6.45, 7) is 12.8. The van der Waals surface area contributed by atoms with E-state index in [2.05, 4.69) is 59.7 Å². The summed E-state index contributed by atoms with van der Waals surface area (Å²) in [4.78, 5) is 0. The highest BCUT2D eigenvalue weighted by Crippen LogP contribution is 2.27. The number of benzene rings is 1. The molecule has 0 aliphatic heterocycles. The predicted molar refractivity (Wildman–Crippen MR) is 65.5 cm³/mol. The molecule has 1 nitrogen and oxygen atoms in total. The zero-order chi connectivity index (χ0) is 11.7. The molecule has 0 N–H and O–H groups in total. The van der Waals surface area contributed by atoms with E-state index in [1.807, 2.05) is 6.07 Å².